The Kier molecular flexibility index (Phi) is 5.07. The molecule has 0 saturated heterocycles. The van der Waals surface area contributed by atoms with E-state index in [-0.39, 0.29) is 0 Å². The fraction of sp³-hybridized carbons (Fsp3) is 0.294. The highest BCUT2D eigenvalue weighted by atomic mass is 13.9. The molecule has 0 radical (unpaired) electrons. The lowest BCUT2D eigenvalue weighted by Gasteiger charge is -2.08. The molecule has 0 aliphatic heterocycles. The van der Waals surface area contributed by atoms with E-state index < -0.39 is 0 Å². The molecular weight excluding hydrogens is 215 g/mol. The van der Waals surface area contributed by atoms with Crippen LogP contribution < -0.4 is 0 Å². The Labute approximate surface area is 111 Å². The van der Waals surface area contributed by atoms with Gasteiger partial charge in [-0.05, 0) is 24.0 Å². The highest BCUT2D eigenvalue weighted by molar-refractivity contribution is 6.57. The molecule has 0 aliphatic carbocycles. The fourth-order valence-electron chi connectivity index (χ4n) is 2.26. The minimum absolute atomic E-state index is 0.797. The Morgan fingerprint density at radius 1 is 0.667 bits per heavy atom. The van der Waals surface area contributed by atoms with Crippen LogP contribution in [0, 0.1) is 0 Å². The van der Waals surface area contributed by atoms with E-state index in [1.807, 2.05) is 0 Å². The summed E-state index contributed by atoms with van der Waals surface area (Å²) in [6.45, 7) is 3.16. The zero-order valence-electron chi connectivity index (χ0n) is 11.2. The topological polar surface area (TPSA) is 0 Å². The Morgan fingerprint density at radius 3 is 1.44 bits per heavy atom. The molecule has 0 saturated carbocycles. The van der Waals surface area contributed by atoms with Gasteiger partial charge in [-0.3, -0.25) is 0 Å². The summed E-state index contributed by atoms with van der Waals surface area (Å²) in [5.74, 6) is 0. The van der Waals surface area contributed by atoms with E-state index >= 15 is 0 Å². The lowest BCUT2D eigenvalue weighted by Crippen LogP contribution is -2.09. The molecule has 0 nitrogen and oxygen atoms in total. The van der Waals surface area contributed by atoms with Gasteiger partial charge >= 0.3 is 0 Å². The average molecular weight is 236 g/mol. The van der Waals surface area contributed by atoms with Crippen molar-refractivity contribution in [3.8, 4) is 0 Å². The SMILES string of the molecule is CB(CCc1ccccc1)CCc1ccccc1. The van der Waals surface area contributed by atoms with E-state index in [0.29, 0.717) is 0 Å². The van der Waals surface area contributed by atoms with Gasteiger partial charge in [0, 0.05) is 0 Å². The average Bonchev–Trinajstić information content (AvgIpc) is 2.45. The van der Waals surface area contributed by atoms with Crippen molar-refractivity contribution in [1.82, 2.24) is 0 Å². The van der Waals surface area contributed by atoms with Gasteiger partial charge in [0.1, 0.15) is 6.71 Å². The van der Waals surface area contributed by atoms with Crippen LogP contribution in [0.4, 0.5) is 0 Å². The lowest BCUT2D eigenvalue weighted by molar-refractivity contribution is 1.05. The summed E-state index contributed by atoms with van der Waals surface area (Å²) >= 11 is 0. The van der Waals surface area contributed by atoms with Gasteiger partial charge in [0.25, 0.3) is 0 Å². The summed E-state index contributed by atoms with van der Waals surface area (Å²) in [4.78, 5) is 0. The Morgan fingerprint density at radius 2 is 1.06 bits per heavy atom. The van der Waals surface area contributed by atoms with Crippen LogP contribution in [0.5, 0.6) is 0 Å². The van der Waals surface area contributed by atoms with Crippen molar-refractivity contribution in [1.29, 1.82) is 0 Å². The van der Waals surface area contributed by atoms with Crippen molar-refractivity contribution in [2.45, 2.75) is 32.3 Å². The summed E-state index contributed by atoms with van der Waals surface area (Å²) in [5.41, 5.74) is 2.92. The fourth-order valence-corrected chi connectivity index (χ4v) is 2.26. The number of rotatable bonds is 6. The van der Waals surface area contributed by atoms with E-state index in [1.165, 1.54) is 36.6 Å². The molecule has 0 fully saturated rings. The molecule has 0 unspecified atom stereocenters. The van der Waals surface area contributed by atoms with Crippen LogP contribution in [0.2, 0.25) is 19.5 Å². The molecule has 0 atom stereocenters. The molecule has 2 aromatic carbocycles. The van der Waals surface area contributed by atoms with Gasteiger partial charge < -0.3 is 0 Å². The van der Waals surface area contributed by atoms with Crippen molar-refractivity contribution in [2.75, 3.05) is 0 Å². The van der Waals surface area contributed by atoms with Crippen LogP contribution in [0.15, 0.2) is 60.7 Å². The first kappa shape index (κ1) is 12.9. The summed E-state index contributed by atoms with van der Waals surface area (Å²) in [6, 6.07) is 21.6. The van der Waals surface area contributed by atoms with Crippen LogP contribution in [-0.2, 0) is 12.8 Å². The standard InChI is InChI=1S/C17H21B/c1-18(14-12-16-8-4-2-5-9-16)15-13-17-10-6-3-7-11-17/h2-11H,12-15H2,1H3. The molecule has 1 heteroatoms. The van der Waals surface area contributed by atoms with Gasteiger partial charge in [0.2, 0.25) is 0 Å². The largest absolute Gasteiger partial charge is 0.137 e. The molecule has 0 bridgehead atoms. The molecule has 0 aromatic heterocycles. The van der Waals surface area contributed by atoms with Crippen molar-refractivity contribution in [2.24, 2.45) is 0 Å². The maximum Gasteiger partial charge on any atom is 0.137 e. The predicted molar refractivity (Wildman–Crippen MR) is 81.5 cm³/mol. The second-order valence-corrected chi connectivity index (χ2v) is 5.15. The first-order valence-electron chi connectivity index (χ1n) is 6.92. The van der Waals surface area contributed by atoms with Gasteiger partial charge in [-0.25, -0.2) is 0 Å². The molecule has 0 heterocycles. The van der Waals surface area contributed by atoms with Gasteiger partial charge in [-0.1, -0.05) is 80.1 Å². The van der Waals surface area contributed by atoms with E-state index in [0.717, 1.165) is 6.71 Å². The number of benzene rings is 2. The van der Waals surface area contributed by atoms with Gasteiger partial charge in [-0.2, -0.15) is 0 Å². The molecule has 0 N–H and O–H groups in total. The van der Waals surface area contributed by atoms with Crippen LogP contribution in [0.3, 0.4) is 0 Å². The molecule has 0 aliphatic rings. The number of aryl methyl sites for hydroxylation is 2. The monoisotopic (exact) mass is 236 g/mol. The third kappa shape index (κ3) is 4.41. The van der Waals surface area contributed by atoms with Crippen LogP contribution in [0.25, 0.3) is 0 Å². The van der Waals surface area contributed by atoms with Crippen LogP contribution in [-0.4, -0.2) is 6.71 Å². The zero-order chi connectivity index (χ0) is 12.6. The minimum Gasteiger partial charge on any atom is -0.0861 e. The number of hydrogen-bond acceptors (Lipinski definition) is 0. The van der Waals surface area contributed by atoms with Crippen LogP contribution in [0.1, 0.15) is 11.1 Å². The molecule has 18 heavy (non-hydrogen) atoms. The zero-order valence-corrected chi connectivity index (χ0v) is 11.2. The summed E-state index contributed by atoms with van der Waals surface area (Å²) in [6.07, 6.45) is 4.99. The second-order valence-electron chi connectivity index (χ2n) is 5.15. The summed E-state index contributed by atoms with van der Waals surface area (Å²) in [5, 5.41) is 0. The quantitative estimate of drug-likeness (QED) is 0.643. The number of hydrogen-bond donors (Lipinski definition) is 0. The molecule has 2 aromatic rings. The highest BCUT2D eigenvalue weighted by Crippen LogP contribution is 2.11. The van der Waals surface area contributed by atoms with Gasteiger partial charge in [0.05, 0.1) is 0 Å². The lowest BCUT2D eigenvalue weighted by atomic mass is 9.45. The van der Waals surface area contributed by atoms with Crippen molar-refractivity contribution < 1.29 is 0 Å². The third-order valence-corrected chi connectivity index (χ3v) is 3.54. The Bertz CT molecular complexity index is 392. The minimum atomic E-state index is 0.797. The summed E-state index contributed by atoms with van der Waals surface area (Å²) < 4.78 is 0. The van der Waals surface area contributed by atoms with E-state index in [1.54, 1.807) is 0 Å². The van der Waals surface area contributed by atoms with Crippen molar-refractivity contribution in [3.05, 3.63) is 71.8 Å². The molecule has 0 spiro atoms. The van der Waals surface area contributed by atoms with E-state index in [2.05, 4.69) is 67.5 Å². The van der Waals surface area contributed by atoms with E-state index in [9.17, 15) is 0 Å². The maximum absolute atomic E-state index is 2.37. The smallest absolute Gasteiger partial charge is 0.0861 e. The van der Waals surface area contributed by atoms with Gasteiger partial charge in [0.15, 0.2) is 0 Å². The second kappa shape index (κ2) is 7.05. The molecule has 92 valence electrons. The van der Waals surface area contributed by atoms with Crippen molar-refractivity contribution in [3.63, 3.8) is 0 Å². The first-order valence-corrected chi connectivity index (χ1v) is 6.92. The van der Waals surface area contributed by atoms with E-state index in [4.69, 9.17) is 0 Å². The Hall–Kier alpha value is -1.50. The summed E-state index contributed by atoms with van der Waals surface area (Å²) in [7, 11) is 0. The highest BCUT2D eigenvalue weighted by Gasteiger charge is 2.07. The normalized spacial score (nSPS) is 10.3. The first-order chi connectivity index (χ1) is 8.84. The third-order valence-electron chi connectivity index (χ3n) is 3.54. The van der Waals surface area contributed by atoms with Crippen LogP contribution >= 0.6 is 0 Å². The maximum atomic E-state index is 2.37. The molecule has 2 rings (SSSR count). The molecular formula is C17H21B. The van der Waals surface area contributed by atoms with Gasteiger partial charge in [-0.15, -0.1) is 0 Å². The van der Waals surface area contributed by atoms with Crippen molar-refractivity contribution >= 4 is 6.71 Å². The molecule has 0 amide bonds. The predicted octanol–water partition coefficient (Wildman–Crippen LogP) is 4.60. The Balaban J connectivity index is 1.71.